The van der Waals surface area contributed by atoms with Crippen molar-refractivity contribution in [2.75, 3.05) is 6.54 Å². The van der Waals surface area contributed by atoms with Crippen LogP contribution in [0.3, 0.4) is 0 Å². The van der Waals surface area contributed by atoms with E-state index in [0.717, 1.165) is 25.8 Å². The van der Waals surface area contributed by atoms with Gasteiger partial charge >= 0.3 is 5.97 Å². The Morgan fingerprint density at radius 3 is 2.38 bits per heavy atom. The van der Waals surface area contributed by atoms with Gasteiger partial charge in [0.15, 0.2) is 0 Å². The molecule has 3 unspecified atom stereocenters. The van der Waals surface area contributed by atoms with Crippen molar-refractivity contribution >= 4 is 5.97 Å². The van der Waals surface area contributed by atoms with Crippen LogP contribution in [0.15, 0.2) is 24.3 Å². The van der Waals surface area contributed by atoms with Crippen LogP contribution in [0.2, 0.25) is 0 Å². The first-order valence-electron chi connectivity index (χ1n) is 8.05. The molecule has 0 heterocycles. The first-order valence-corrected chi connectivity index (χ1v) is 8.05. The summed E-state index contributed by atoms with van der Waals surface area (Å²) in [6, 6.07) is 9.00. The van der Waals surface area contributed by atoms with E-state index in [2.05, 4.69) is 50.4 Å². The van der Waals surface area contributed by atoms with Crippen LogP contribution >= 0.6 is 0 Å². The molecule has 0 amide bonds. The second kappa shape index (κ2) is 7.08. The lowest BCUT2D eigenvalue weighted by Crippen LogP contribution is -2.30. The fraction of sp³-hybridized carbons (Fsp3) is 0.611. The maximum atomic E-state index is 11.2. The predicted molar refractivity (Wildman–Crippen MR) is 85.4 cm³/mol. The monoisotopic (exact) mass is 289 g/mol. The van der Waals surface area contributed by atoms with Crippen molar-refractivity contribution in [3.05, 3.63) is 35.4 Å². The van der Waals surface area contributed by atoms with Crippen molar-refractivity contribution in [1.29, 1.82) is 0 Å². The number of carboxylic acids is 1. The van der Waals surface area contributed by atoms with Crippen LogP contribution in [0, 0.1) is 11.8 Å². The van der Waals surface area contributed by atoms with Gasteiger partial charge in [-0.15, -0.1) is 0 Å². The lowest BCUT2D eigenvalue weighted by atomic mass is 9.95. The van der Waals surface area contributed by atoms with E-state index in [9.17, 15) is 9.90 Å². The summed E-state index contributed by atoms with van der Waals surface area (Å²) in [6.45, 7) is 7.34. The van der Waals surface area contributed by atoms with E-state index in [1.807, 2.05) is 0 Å². The second-order valence-electron chi connectivity index (χ2n) is 6.59. The maximum absolute atomic E-state index is 11.2. The highest BCUT2D eigenvalue weighted by molar-refractivity contribution is 5.70. The van der Waals surface area contributed by atoms with Crippen molar-refractivity contribution < 1.29 is 9.90 Å². The van der Waals surface area contributed by atoms with E-state index < -0.39 is 5.97 Å². The van der Waals surface area contributed by atoms with Gasteiger partial charge in [0.2, 0.25) is 0 Å². The number of hydrogen-bond acceptors (Lipinski definition) is 2. The van der Waals surface area contributed by atoms with Crippen molar-refractivity contribution in [3.8, 4) is 0 Å². The third-order valence-electron chi connectivity index (χ3n) is 4.77. The standard InChI is InChI=1S/C18H27NO2/c1-12(2)14-7-9-15(10-8-14)13(3)19-11-16-5-4-6-17(16)18(20)21/h7-10,12-13,16-17,19H,4-6,11H2,1-3H3,(H,20,21). The smallest absolute Gasteiger partial charge is 0.306 e. The Balaban J connectivity index is 1.89. The Bertz CT molecular complexity index is 467. The molecule has 2 rings (SSSR count). The molecule has 21 heavy (non-hydrogen) atoms. The molecule has 3 nitrogen and oxygen atoms in total. The summed E-state index contributed by atoms with van der Waals surface area (Å²) < 4.78 is 0. The lowest BCUT2D eigenvalue weighted by Gasteiger charge is -2.21. The fourth-order valence-electron chi connectivity index (χ4n) is 3.22. The average molecular weight is 289 g/mol. The summed E-state index contributed by atoms with van der Waals surface area (Å²) in [5, 5.41) is 12.7. The Kier molecular flexibility index (Phi) is 5.40. The molecule has 1 aromatic rings. The van der Waals surface area contributed by atoms with Gasteiger partial charge in [0.25, 0.3) is 0 Å². The van der Waals surface area contributed by atoms with E-state index in [1.165, 1.54) is 11.1 Å². The first kappa shape index (κ1) is 16.0. The second-order valence-corrected chi connectivity index (χ2v) is 6.59. The van der Waals surface area contributed by atoms with Crippen LogP contribution in [-0.2, 0) is 4.79 Å². The predicted octanol–water partition coefficient (Wildman–Crippen LogP) is 3.96. The number of hydrogen-bond donors (Lipinski definition) is 2. The molecule has 0 bridgehead atoms. The molecule has 1 aliphatic carbocycles. The highest BCUT2D eigenvalue weighted by Crippen LogP contribution is 2.32. The zero-order chi connectivity index (χ0) is 15.4. The van der Waals surface area contributed by atoms with Gasteiger partial charge < -0.3 is 10.4 Å². The minimum Gasteiger partial charge on any atom is -0.481 e. The normalized spacial score (nSPS) is 23.4. The van der Waals surface area contributed by atoms with Gasteiger partial charge in [-0.3, -0.25) is 4.79 Å². The summed E-state index contributed by atoms with van der Waals surface area (Å²) in [6.07, 6.45) is 2.91. The Morgan fingerprint density at radius 2 is 1.81 bits per heavy atom. The highest BCUT2D eigenvalue weighted by atomic mass is 16.4. The summed E-state index contributed by atoms with van der Waals surface area (Å²) in [5.41, 5.74) is 2.62. The van der Waals surface area contributed by atoms with Gasteiger partial charge in [0.1, 0.15) is 0 Å². The third-order valence-corrected chi connectivity index (χ3v) is 4.77. The zero-order valence-corrected chi connectivity index (χ0v) is 13.3. The maximum Gasteiger partial charge on any atom is 0.306 e. The number of carboxylic acid groups (broad SMARTS) is 1. The minimum absolute atomic E-state index is 0.159. The topological polar surface area (TPSA) is 49.3 Å². The van der Waals surface area contributed by atoms with Crippen LogP contribution in [0.4, 0.5) is 0 Å². The molecule has 1 saturated carbocycles. The van der Waals surface area contributed by atoms with Gasteiger partial charge in [-0.2, -0.15) is 0 Å². The molecule has 2 N–H and O–H groups in total. The van der Waals surface area contributed by atoms with Crippen molar-refractivity contribution in [2.45, 2.75) is 52.0 Å². The van der Waals surface area contributed by atoms with Crippen LogP contribution in [0.5, 0.6) is 0 Å². The molecular weight excluding hydrogens is 262 g/mol. The number of carbonyl (C=O) groups is 1. The quantitative estimate of drug-likeness (QED) is 0.833. The van der Waals surface area contributed by atoms with Gasteiger partial charge in [0, 0.05) is 6.04 Å². The van der Waals surface area contributed by atoms with Gasteiger partial charge in [-0.1, -0.05) is 44.5 Å². The summed E-state index contributed by atoms with van der Waals surface area (Å²) in [5.74, 6) is 0.0401. The number of benzene rings is 1. The molecule has 0 aliphatic heterocycles. The molecule has 0 radical (unpaired) electrons. The van der Waals surface area contributed by atoms with E-state index in [-0.39, 0.29) is 17.9 Å². The van der Waals surface area contributed by atoms with Crippen molar-refractivity contribution in [1.82, 2.24) is 5.32 Å². The van der Waals surface area contributed by atoms with E-state index >= 15 is 0 Å². The lowest BCUT2D eigenvalue weighted by molar-refractivity contribution is -0.142. The van der Waals surface area contributed by atoms with Crippen molar-refractivity contribution in [3.63, 3.8) is 0 Å². The molecule has 116 valence electrons. The molecule has 1 fully saturated rings. The highest BCUT2D eigenvalue weighted by Gasteiger charge is 2.32. The SMILES string of the molecule is CC(C)c1ccc(C(C)NCC2CCCC2C(=O)O)cc1. The number of aliphatic carboxylic acids is 1. The van der Waals surface area contributed by atoms with Gasteiger partial charge in [-0.05, 0) is 49.3 Å². The molecule has 0 aromatic heterocycles. The van der Waals surface area contributed by atoms with Crippen LogP contribution in [0.25, 0.3) is 0 Å². The van der Waals surface area contributed by atoms with Crippen LogP contribution in [-0.4, -0.2) is 17.6 Å². The number of rotatable bonds is 6. The van der Waals surface area contributed by atoms with E-state index in [0.29, 0.717) is 5.92 Å². The average Bonchev–Trinajstić information content (AvgIpc) is 2.93. The number of nitrogens with one attached hydrogen (secondary N) is 1. The van der Waals surface area contributed by atoms with E-state index in [1.54, 1.807) is 0 Å². The molecule has 0 saturated heterocycles. The molecule has 0 spiro atoms. The Morgan fingerprint density at radius 1 is 1.19 bits per heavy atom. The summed E-state index contributed by atoms with van der Waals surface area (Å²) in [4.78, 5) is 11.2. The summed E-state index contributed by atoms with van der Waals surface area (Å²) in [7, 11) is 0. The third kappa shape index (κ3) is 4.07. The zero-order valence-electron chi connectivity index (χ0n) is 13.3. The Hall–Kier alpha value is -1.35. The fourth-order valence-corrected chi connectivity index (χ4v) is 3.22. The van der Waals surface area contributed by atoms with Gasteiger partial charge in [-0.25, -0.2) is 0 Å². The molecule has 3 atom stereocenters. The largest absolute Gasteiger partial charge is 0.481 e. The minimum atomic E-state index is -0.631. The van der Waals surface area contributed by atoms with Crippen molar-refractivity contribution in [2.24, 2.45) is 11.8 Å². The van der Waals surface area contributed by atoms with Gasteiger partial charge in [0.05, 0.1) is 5.92 Å². The van der Waals surface area contributed by atoms with Crippen LogP contribution in [0.1, 0.15) is 63.1 Å². The van der Waals surface area contributed by atoms with E-state index in [4.69, 9.17) is 0 Å². The molecule has 3 heteroatoms. The molecular formula is C18H27NO2. The Labute approximate surface area is 127 Å². The molecule has 1 aromatic carbocycles. The summed E-state index contributed by atoms with van der Waals surface area (Å²) >= 11 is 0. The first-order chi connectivity index (χ1) is 9.99. The molecule has 1 aliphatic rings. The van der Waals surface area contributed by atoms with Crippen LogP contribution < -0.4 is 5.32 Å².